The van der Waals surface area contributed by atoms with E-state index in [1.54, 1.807) is 54.0 Å². The average Bonchev–Trinajstić information content (AvgIpc) is 3.77. The molecule has 1 amide bonds. The number of carbonyl (C=O) groups is 1. The number of piperidine rings is 1. The van der Waals surface area contributed by atoms with Crippen molar-refractivity contribution in [1.29, 1.82) is 5.26 Å². The molecule has 2 fully saturated rings. The summed E-state index contributed by atoms with van der Waals surface area (Å²) >= 11 is 0. The summed E-state index contributed by atoms with van der Waals surface area (Å²) in [6, 6.07) is 10.5. The van der Waals surface area contributed by atoms with Crippen LogP contribution in [-0.4, -0.2) is 92.7 Å². The number of hydrogen-bond acceptors (Lipinski definition) is 9. The van der Waals surface area contributed by atoms with Gasteiger partial charge in [-0.3, -0.25) is 14.7 Å². The molecule has 0 bridgehead atoms. The molecule has 2 saturated heterocycles. The fraction of sp³-hybridized carbons (Fsp3) is 0.421. The number of hydrogen-bond donors (Lipinski definition) is 0. The van der Waals surface area contributed by atoms with Crippen molar-refractivity contribution in [3.63, 3.8) is 0 Å². The number of likely N-dealkylation sites (N-methyl/N-ethyl adjacent to an activating group) is 1. The van der Waals surface area contributed by atoms with Gasteiger partial charge in [0.15, 0.2) is 11.3 Å². The van der Waals surface area contributed by atoms with Crippen molar-refractivity contribution in [3.8, 4) is 23.2 Å². The Kier molecular flexibility index (Phi) is 9.63. The zero-order valence-electron chi connectivity index (χ0n) is 29.1. The highest BCUT2D eigenvalue weighted by Gasteiger charge is 2.35. The van der Waals surface area contributed by atoms with Crippen molar-refractivity contribution in [2.45, 2.75) is 70.2 Å². The SMILES string of the molecule is COC/C=C/C(=O)N1CC[C@H](n2nnc3c(O[C@@H](C)[C@@H]4CCCN4C)nc4c(F)c(-c5ncc(F)c6ccccc56)c(C)cc4c32)C[C@H]1CC#N. The highest BCUT2D eigenvalue weighted by molar-refractivity contribution is 6.07. The first-order valence-corrected chi connectivity index (χ1v) is 17.3. The maximum absolute atomic E-state index is 17.2. The van der Waals surface area contributed by atoms with Gasteiger partial charge in [-0.25, -0.2) is 18.4 Å². The van der Waals surface area contributed by atoms with Crippen LogP contribution in [0.4, 0.5) is 8.78 Å². The fourth-order valence-corrected chi connectivity index (χ4v) is 7.85. The van der Waals surface area contributed by atoms with E-state index in [4.69, 9.17) is 14.5 Å². The van der Waals surface area contributed by atoms with Crippen LogP contribution in [-0.2, 0) is 9.53 Å². The van der Waals surface area contributed by atoms with Crippen molar-refractivity contribution < 1.29 is 23.0 Å². The fourth-order valence-electron chi connectivity index (χ4n) is 7.85. The van der Waals surface area contributed by atoms with Crippen molar-refractivity contribution in [1.82, 2.24) is 34.8 Å². The Labute approximate surface area is 294 Å². The van der Waals surface area contributed by atoms with Gasteiger partial charge in [-0.1, -0.05) is 35.6 Å². The van der Waals surface area contributed by atoms with E-state index in [-0.39, 0.29) is 53.5 Å². The van der Waals surface area contributed by atoms with Crippen molar-refractivity contribution in [2.75, 3.05) is 33.9 Å². The molecule has 264 valence electrons. The second kappa shape index (κ2) is 14.3. The van der Waals surface area contributed by atoms with E-state index in [9.17, 15) is 14.4 Å². The van der Waals surface area contributed by atoms with Crippen molar-refractivity contribution in [2.24, 2.45) is 0 Å². The Bertz CT molecular complexity index is 2200. The van der Waals surface area contributed by atoms with Gasteiger partial charge < -0.3 is 14.4 Å². The number of rotatable bonds is 9. The zero-order valence-corrected chi connectivity index (χ0v) is 29.1. The summed E-state index contributed by atoms with van der Waals surface area (Å²) in [5.74, 6) is -1.10. The van der Waals surface area contributed by atoms with Crippen molar-refractivity contribution in [3.05, 3.63) is 65.9 Å². The molecule has 5 heterocycles. The second-order valence-corrected chi connectivity index (χ2v) is 13.5. The van der Waals surface area contributed by atoms with Gasteiger partial charge >= 0.3 is 0 Å². The number of nitriles is 1. The molecule has 5 aromatic rings. The zero-order chi connectivity index (χ0) is 35.8. The molecule has 0 unspecified atom stereocenters. The van der Waals surface area contributed by atoms with Gasteiger partial charge in [0, 0.05) is 53.5 Å². The first kappa shape index (κ1) is 34.4. The van der Waals surface area contributed by atoms with Crippen molar-refractivity contribution >= 4 is 38.6 Å². The lowest BCUT2D eigenvalue weighted by Crippen LogP contribution is -2.46. The molecule has 2 aromatic carbocycles. The summed E-state index contributed by atoms with van der Waals surface area (Å²) in [6.07, 6.45) is 7.12. The number of aromatic nitrogens is 5. The minimum absolute atomic E-state index is 0.0632. The highest BCUT2D eigenvalue weighted by Crippen LogP contribution is 2.41. The molecule has 3 aromatic heterocycles. The van der Waals surface area contributed by atoms with Crippen LogP contribution in [0.5, 0.6) is 5.88 Å². The van der Waals surface area contributed by atoms with E-state index in [2.05, 4.69) is 33.3 Å². The molecule has 4 atom stereocenters. The van der Waals surface area contributed by atoms with Gasteiger partial charge in [0.05, 0.1) is 37.0 Å². The van der Waals surface area contributed by atoms with Crippen LogP contribution >= 0.6 is 0 Å². The molecule has 0 saturated carbocycles. The van der Waals surface area contributed by atoms with Crippen LogP contribution in [0.1, 0.15) is 50.6 Å². The number of methoxy groups -OCH3 is 1. The lowest BCUT2D eigenvalue weighted by molar-refractivity contribution is -0.130. The Morgan fingerprint density at radius 3 is 2.71 bits per heavy atom. The molecule has 7 rings (SSSR count). The summed E-state index contributed by atoms with van der Waals surface area (Å²) < 4.78 is 45.3. The predicted octanol–water partition coefficient (Wildman–Crippen LogP) is 6.29. The van der Waals surface area contributed by atoms with E-state index in [1.165, 1.54) is 6.08 Å². The number of ether oxygens (including phenoxy) is 2. The number of nitrogens with zero attached hydrogens (tertiary/aromatic N) is 8. The van der Waals surface area contributed by atoms with Crippen LogP contribution in [0.15, 0.2) is 48.7 Å². The number of pyridine rings is 2. The Morgan fingerprint density at radius 1 is 1.16 bits per heavy atom. The van der Waals surface area contributed by atoms with Crippen LogP contribution in [0.3, 0.4) is 0 Å². The lowest BCUT2D eigenvalue weighted by atomic mass is 9.94. The number of carbonyl (C=O) groups excluding carboxylic acids is 1. The summed E-state index contributed by atoms with van der Waals surface area (Å²) in [5, 5.41) is 20.2. The highest BCUT2D eigenvalue weighted by atomic mass is 19.1. The van der Waals surface area contributed by atoms with Crippen LogP contribution in [0.2, 0.25) is 0 Å². The maximum Gasteiger partial charge on any atom is 0.246 e. The third kappa shape index (κ3) is 6.27. The van der Waals surface area contributed by atoms with E-state index in [1.807, 2.05) is 13.0 Å². The summed E-state index contributed by atoms with van der Waals surface area (Å²) in [7, 11) is 3.62. The summed E-state index contributed by atoms with van der Waals surface area (Å²) in [4.78, 5) is 26.2. The molecule has 13 heteroatoms. The maximum atomic E-state index is 17.2. The molecule has 0 radical (unpaired) electrons. The first-order valence-electron chi connectivity index (χ1n) is 17.3. The average molecular weight is 695 g/mol. The van der Waals surface area contributed by atoms with E-state index in [0.717, 1.165) is 25.6 Å². The molecule has 0 spiro atoms. The number of likely N-dealkylation sites (tertiary alicyclic amines) is 2. The number of aryl methyl sites for hydroxylation is 1. The number of halogens is 2. The quantitative estimate of drug-likeness (QED) is 0.164. The Hall–Kier alpha value is -5.06. The molecular formula is C38H40F2N8O3. The minimum Gasteiger partial charge on any atom is -0.471 e. The van der Waals surface area contributed by atoms with E-state index in [0.29, 0.717) is 64.4 Å². The molecule has 2 aliphatic heterocycles. The molecule has 51 heavy (non-hydrogen) atoms. The molecule has 2 aliphatic rings. The Morgan fingerprint density at radius 2 is 1.96 bits per heavy atom. The van der Waals surface area contributed by atoms with Crippen LogP contribution in [0.25, 0.3) is 44.0 Å². The van der Waals surface area contributed by atoms with Gasteiger partial charge in [0.1, 0.15) is 23.0 Å². The topological polar surface area (TPSA) is 122 Å². The van der Waals surface area contributed by atoms with Crippen LogP contribution in [0, 0.1) is 29.9 Å². The first-order chi connectivity index (χ1) is 24.7. The summed E-state index contributed by atoms with van der Waals surface area (Å²) in [5.41, 5.74) is 2.16. The van der Waals surface area contributed by atoms with Gasteiger partial charge in [-0.2, -0.15) is 5.26 Å². The minimum atomic E-state index is -0.606. The molecule has 0 N–H and O–H groups in total. The van der Waals surface area contributed by atoms with Gasteiger partial charge in [0.25, 0.3) is 0 Å². The number of benzene rings is 2. The molecule has 11 nitrogen and oxygen atoms in total. The van der Waals surface area contributed by atoms with Gasteiger partial charge in [-0.05, 0) is 64.8 Å². The Balaban J connectivity index is 1.38. The molecular weight excluding hydrogens is 654 g/mol. The number of fused-ring (bicyclic) bond motifs is 4. The number of amides is 1. The van der Waals surface area contributed by atoms with Gasteiger partial charge in [0.2, 0.25) is 11.8 Å². The largest absolute Gasteiger partial charge is 0.471 e. The lowest BCUT2D eigenvalue weighted by Gasteiger charge is -2.38. The van der Waals surface area contributed by atoms with E-state index < -0.39 is 11.6 Å². The molecule has 0 aliphatic carbocycles. The normalized spacial score (nSPS) is 20.5. The third-order valence-corrected chi connectivity index (χ3v) is 10.4. The standard InChI is InChI=1S/C38H40F2N8O3/c1-22-19-28-35(33(40)32(22)34-27-10-6-5-9-26(27)29(39)21-42-34)43-38(51-23(2)30-11-7-16-46(30)3)36-37(28)48(45-44-36)25-14-17-47(24(20-25)13-15-41)31(49)12-8-18-50-4/h5-6,8-10,12,19,21,23-25,30H,7,11,13-14,16-18,20H2,1-4H3/b12-8+/t23-,24+,25-,30-/m0/s1. The van der Waals surface area contributed by atoms with Gasteiger partial charge in [-0.15, -0.1) is 5.10 Å². The second-order valence-electron chi connectivity index (χ2n) is 13.5. The van der Waals surface area contributed by atoms with Crippen LogP contribution < -0.4 is 4.74 Å². The van der Waals surface area contributed by atoms with E-state index >= 15 is 4.39 Å². The predicted molar refractivity (Wildman–Crippen MR) is 189 cm³/mol. The smallest absolute Gasteiger partial charge is 0.246 e. The monoisotopic (exact) mass is 694 g/mol. The summed E-state index contributed by atoms with van der Waals surface area (Å²) in [6.45, 7) is 5.44. The third-order valence-electron chi connectivity index (χ3n) is 10.4.